The number of hydrogen-bond donors (Lipinski definition) is 2. The first-order chi connectivity index (χ1) is 6.65. The maximum Gasteiger partial charge on any atom is 0.338 e. The molecule has 1 atom stereocenters. The second-order valence-corrected chi connectivity index (χ2v) is 6.30. The van der Waals surface area contributed by atoms with Gasteiger partial charge in [-0.05, 0) is 12.3 Å². The largest absolute Gasteiger partial charge is 0.399 e. The highest BCUT2D eigenvalue weighted by molar-refractivity contribution is 6.46. The maximum absolute atomic E-state index is 5.46. The molecule has 0 aromatic carbocycles. The smallest absolute Gasteiger partial charge is 0.338 e. The van der Waals surface area contributed by atoms with Crippen LogP contribution in [0.4, 0.5) is 0 Å². The highest BCUT2D eigenvalue weighted by Crippen LogP contribution is 2.08. The third-order valence-corrected chi connectivity index (χ3v) is 4.16. The van der Waals surface area contributed by atoms with Crippen molar-refractivity contribution in [3.8, 4) is 0 Å². The Morgan fingerprint density at radius 1 is 1.29 bits per heavy atom. The lowest BCUT2D eigenvalue weighted by Crippen LogP contribution is -2.48. The van der Waals surface area contributed by atoms with Crippen LogP contribution in [0.2, 0.25) is 0 Å². The maximum atomic E-state index is 5.46. The zero-order valence-electron chi connectivity index (χ0n) is 9.75. The van der Waals surface area contributed by atoms with Crippen molar-refractivity contribution in [2.45, 2.75) is 25.9 Å². The van der Waals surface area contributed by atoms with Gasteiger partial charge < -0.3 is 19.9 Å². The van der Waals surface area contributed by atoms with E-state index in [1.165, 1.54) is 0 Å². The molecule has 3 N–H and O–H groups in total. The monoisotopic (exact) mass is 220 g/mol. The van der Waals surface area contributed by atoms with Crippen molar-refractivity contribution in [2.75, 3.05) is 27.3 Å². The van der Waals surface area contributed by atoms with Gasteiger partial charge in [0.2, 0.25) is 0 Å². The van der Waals surface area contributed by atoms with Crippen LogP contribution in [-0.2, 0) is 8.85 Å². The minimum atomic E-state index is -1.56. The van der Waals surface area contributed by atoms with Crippen LogP contribution in [0.5, 0.6) is 0 Å². The Hall–Kier alpha value is 0.0569. The zero-order chi connectivity index (χ0) is 11.0. The van der Waals surface area contributed by atoms with E-state index in [2.05, 4.69) is 19.2 Å². The van der Waals surface area contributed by atoms with Crippen molar-refractivity contribution < 1.29 is 8.85 Å². The molecule has 0 saturated carbocycles. The highest BCUT2D eigenvalue weighted by atomic mass is 28.3. The molecule has 0 spiro atoms. The zero-order valence-corrected chi connectivity index (χ0v) is 10.9. The summed E-state index contributed by atoms with van der Waals surface area (Å²) in [5.41, 5.74) is 5.82. The fourth-order valence-corrected chi connectivity index (χ4v) is 3.47. The molecule has 0 aromatic rings. The molecular formula is C9H24N2O2Si. The van der Waals surface area contributed by atoms with E-state index < -0.39 is 9.28 Å². The molecule has 0 aliphatic heterocycles. The molecule has 0 aliphatic rings. The number of hydrogen-bond acceptors (Lipinski definition) is 4. The molecule has 0 aromatic heterocycles. The molecule has 5 heteroatoms. The SMILES string of the molecule is CO[SiH](OC)C(CC(C)C)NCCN. The molecule has 1 unspecified atom stereocenters. The van der Waals surface area contributed by atoms with Crippen LogP contribution in [0.1, 0.15) is 20.3 Å². The standard InChI is InChI=1S/C9H24N2O2Si/c1-8(2)7-9(11-6-5-10)14(12-3)13-4/h8-9,11,14H,5-7,10H2,1-4H3. The van der Waals surface area contributed by atoms with Crippen molar-refractivity contribution in [1.29, 1.82) is 0 Å². The summed E-state index contributed by atoms with van der Waals surface area (Å²) in [7, 11) is 1.88. The van der Waals surface area contributed by atoms with Gasteiger partial charge in [0.25, 0.3) is 0 Å². The third-order valence-electron chi connectivity index (χ3n) is 2.07. The van der Waals surface area contributed by atoms with E-state index in [4.69, 9.17) is 14.6 Å². The summed E-state index contributed by atoms with van der Waals surface area (Å²) in [5.74, 6) is 0.644. The van der Waals surface area contributed by atoms with Crippen molar-refractivity contribution in [1.82, 2.24) is 5.32 Å². The topological polar surface area (TPSA) is 56.5 Å². The second kappa shape index (κ2) is 8.37. The van der Waals surface area contributed by atoms with E-state index in [9.17, 15) is 0 Å². The van der Waals surface area contributed by atoms with E-state index in [-0.39, 0.29) is 0 Å². The van der Waals surface area contributed by atoms with Crippen LogP contribution in [0, 0.1) is 5.92 Å². The van der Waals surface area contributed by atoms with Gasteiger partial charge in [-0.2, -0.15) is 0 Å². The van der Waals surface area contributed by atoms with Gasteiger partial charge in [-0.15, -0.1) is 0 Å². The Bertz CT molecular complexity index is 132. The van der Waals surface area contributed by atoms with Crippen LogP contribution in [0.25, 0.3) is 0 Å². The van der Waals surface area contributed by atoms with Crippen molar-refractivity contribution in [3.05, 3.63) is 0 Å². The summed E-state index contributed by atoms with van der Waals surface area (Å²) in [5, 5.41) is 3.39. The fourth-order valence-electron chi connectivity index (χ4n) is 1.49. The Morgan fingerprint density at radius 3 is 2.21 bits per heavy atom. The first-order valence-corrected chi connectivity index (χ1v) is 6.75. The summed E-state index contributed by atoms with van der Waals surface area (Å²) in [4.78, 5) is 0. The molecule has 0 fully saturated rings. The Balaban J connectivity index is 4.06. The molecular weight excluding hydrogens is 196 g/mol. The van der Waals surface area contributed by atoms with Gasteiger partial charge in [-0.3, -0.25) is 0 Å². The van der Waals surface area contributed by atoms with E-state index >= 15 is 0 Å². The highest BCUT2D eigenvalue weighted by Gasteiger charge is 2.24. The lowest BCUT2D eigenvalue weighted by molar-refractivity contribution is 0.251. The molecule has 0 saturated heterocycles. The Morgan fingerprint density at radius 2 is 1.86 bits per heavy atom. The fraction of sp³-hybridized carbons (Fsp3) is 1.00. The van der Waals surface area contributed by atoms with Crippen LogP contribution in [-0.4, -0.2) is 42.3 Å². The third kappa shape index (κ3) is 5.72. The van der Waals surface area contributed by atoms with Gasteiger partial charge in [0.1, 0.15) is 0 Å². The molecule has 0 heterocycles. The summed E-state index contributed by atoms with van der Waals surface area (Å²) < 4.78 is 10.7. The minimum absolute atomic E-state index is 0.355. The first-order valence-electron chi connectivity index (χ1n) is 5.14. The van der Waals surface area contributed by atoms with Gasteiger partial charge >= 0.3 is 9.28 Å². The lowest BCUT2D eigenvalue weighted by atomic mass is 10.1. The summed E-state index contributed by atoms with van der Waals surface area (Å²) in [6.07, 6.45) is 1.08. The first kappa shape index (κ1) is 14.1. The average molecular weight is 220 g/mol. The molecule has 0 amide bonds. The molecule has 86 valence electrons. The van der Waals surface area contributed by atoms with Crippen LogP contribution in [0.3, 0.4) is 0 Å². The average Bonchev–Trinajstić information content (AvgIpc) is 2.15. The minimum Gasteiger partial charge on any atom is -0.399 e. The van der Waals surface area contributed by atoms with Crippen LogP contribution in [0.15, 0.2) is 0 Å². The normalized spacial score (nSPS) is 13.9. The van der Waals surface area contributed by atoms with Crippen LogP contribution >= 0.6 is 0 Å². The van der Waals surface area contributed by atoms with Gasteiger partial charge in [-0.25, -0.2) is 0 Å². The number of nitrogens with one attached hydrogen (secondary N) is 1. The second-order valence-electron chi connectivity index (χ2n) is 3.82. The van der Waals surface area contributed by atoms with Crippen molar-refractivity contribution >= 4 is 9.28 Å². The molecule has 0 rings (SSSR count). The molecule has 0 bridgehead atoms. The van der Waals surface area contributed by atoms with E-state index in [0.29, 0.717) is 18.1 Å². The molecule has 4 nitrogen and oxygen atoms in total. The molecule has 0 aliphatic carbocycles. The summed E-state index contributed by atoms with van der Waals surface area (Å²) >= 11 is 0. The van der Waals surface area contributed by atoms with Gasteiger partial charge in [0.15, 0.2) is 0 Å². The quantitative estimate of drug-likeness (QED) is 0.566. The Labute approximate surface area is 89.0 Å². The summed E-state index contributed by atoms with van der Waals surface area (Å²) in [6, 6.07) is 0. The summed E-state index contributed by atoms with van der Waals surface area (Å²) in [6.45, 7) is 5.89. The van der Waals surface area contributed by atoms with Gasteiger partial charge in [0.05, 0.1) is 0 Å². The Kier molecular flexibility index (Phi) is 8.41. The van der Waals surface area contributed by atoms with E-state index in [1.54, 1.807) is 14.2 Å². The van der Waals surface area contributed by atoms with Gasteiger partial charge in [-0.1, -0.05) is 13.8 Å². The van der Waals surface area contributed by atoms with Gasteiger partial charge in [0, 0.05) is 33.0 Å². The lowest BCUT2D eigenvalue weighted by Gasteiger charge is -2.25. The van der Waals surface area contributed by atoms with E-state index in [0.717, 1.165) is 13.0 Å². The molecule has 14 heavy (non-hydrogen) atoms. The van der Waals surface area contributed by atoms with E-state index in [1.807, 2.05) is 0 Å². The molecule has 0 radical (unpaired) electrons. The van der Waals surface area contributed by atoms with Crippen molar-refractivity contribution in [2.24, 2.45) is 11.7 Å². The predicted octanol–water partition coefficient (Wildman–Crippen LogP) is 0.00190. The van der Waals surface area contributed by atoms with Crippen molar-refractivity contribution in [3.63, 3.8) is 0 Å². The number of rotatable bonds is 8. The number of nitrogens with two attached hydrogens (primary N) is 1. The van der Waals surface area contributed by atoms with Crippen LogP contribution < -0.4 is 11.1 Å². The predicted molar refractivity (Wildman–Crippen MR) is 61.5 cm³/mol.